The number of carbonyl (C=O) groups is 1. The number of hydrogen-bond donors (Lipinski definition) is 2. The van der Waals surface area contributed by atoms with Crippen LogP contribution in [-0.2, 0) is 11.1 Å². The molecule has 1 aromatic carbocycles. The fraction of sp³-hybridized carbons (Fsp3) is 0. The number of hydrogen-bond acceptors (Lipinski definition) is 2. The number of carboxylic acids is 1. The number of benzene rings is 1. The van der Waals surface area contributed by atoms with Crippen molar-refractivity contribution in [1.82, 2.24) is 0 Å². The van der Waals surface area contributed by atoms with Gasteiger partial charge in [-0.2, -0.15) is 0 Å². The van der Waals surface area contributed by atoms with E-state index in [1.807, 2.05) is 0 Å². The Bertz CT molecular complexity index is 296. The zero-order chi connectivity index (χ0) is 9.14. The molecule has 0 amide bonds. The quantitative estimate of drug-likeness (QED) is 0.423. The van der Waals surface area contributed by atoms with Gasteiger partial charge in [0.25, 0.3) is 0 Å². The summed E-state index contributed by atoms with van der Waals surface area (Å²) in [6, 6.07) is 5.18. The minimum Gasteiger partial charge on any atom is -1.00 e. The topological polar surface area (TPSA) is 106 Å². The van der Waals surface area contributed by atoms with Crippen LogP contribution in [0.2, 0.25) is 0 Å². The van der Waals surface area contributed by atoms with Crippen molar-refractivity contribution in [2.75, 3.05) is 0 Å². The van der Waals surface area contributed by atoms with Gasteiger partial charge in [0, 0.05) is 0 Å². The predicted molar refractivity (Wildman–Crippen MR) is 47.2 cm³/mol. The second-order valence-electron chi connectivity index (χ2n) is 2.08. The maximum absolute atomic E-state index is 10.4. The van der Waals surface area contributed by atoms with Crippen LogP contribution in [0.1, 0.15) is 11.8 Å². The van der Waals surface area contributed by atoms with E-state index in [-0.39, 0.29) is 46.9 Å². The Hall–Kier alpha value is -0.240. The van der Waals surface area contributed by atoms with Gasteiger partial charge in [0.2, 0.25) is 0 Å². The smallest absolute Gasteiger partial charge is 1.00 e. The fourth-order valence-corrected chi connectivity index (χ4v) is 1.08. The second kappa shape index (κ2) is 7.10. The van der Waals surface area contributed by atoms with Crippen molar-refractivity contribution in [3.8, 4) is 0 Å². The van der Waals surface area contributed by atoms with Crippen LogP contribution < -0.4 is 29.6 Å². The summed E-state index contributed by atoms with van der Waals surface area (Å²) in [6.45, 7) is 0. The fourth-order valence-electron chi connectivity index (χ4n) is 0.714. The standard InChI is InChI=1S/C7H6O4S.Na.H2O.H/c8-7(9)5-1-3-6(4-2-5)12(10)11;;;/h1-4H,(H,8,9)(H,10,11);;1H2;/q;+1;;-1. The van der Waals surface area contributed by atoms with E-state index in [2.05, 4.69) is 0 Å². The van der Waals surface area contributed by atoms with E-state index in [9.17, 15) is 9.00 Å². The van der Waals surface area contributed by atoms with Crippen molar-refractivity contribution in [1.29, 1.82) is 0 Å². The van der Waals surface area contributed by atoms with E-state index in [0.29, 0.717) is 0 Å². The molecule has 1 aromatic rings. The average molecular weight is 228 g/mol. The van der Waals surface area contributed by atoms with Crippen LogP contribution in [0.25, 0.3) is 0 Å². The third kappa shape index (κ3) is 4.32. The normalized spacial score (nSPS) is 10.6. The molecule has 0 aliphatic carbocycles. The summed E-state index contributed by atoms with van der Waals surface area (Å²) in [5.41, 5.74) is 0.101. The first-order valence-electron chi connectivity index (χ1n) is 3.05. The molecular weight excluding hydrogens is 219 g/mol. The zero-order valence-corrected chi connectivity index (χ0v) is 10.2. The zero-order valence-electron chi connectivity index (χ0n) is 8.43. The average Bonchev–Trinajstić information content (AvgIpc) is 2.04. The Balaban J connectivity index is -0.000000480. The molecule has 1 rings (SSSR count). The van der Waals surface area contributed by atoms with Gasteiger partial charge in [-0.25, -0.2) is 9.00 Å². The van der Waals surface area contributed by atoms with Gasteiger partial charge in [-0.05, 0) is 24.3 Å². The molecule has 0 saturated carbocycles. The molecule has 0 radical (unpaired) electrons. The summed E-state index contributed by atoms with van der Waals surface area (Å²) in [4.78, 5) is 10.5. The monoisotopic (exact) mass is 228 g/mol. The molecule has 4 N–H and O–H groups in total. The van der Waals surface area contributed by atoms with E-state index < -0.39 is 17.0 Å². The molecule has 0 saturated heterocycles. The molecule has 74 valence electrons. The van der Waals surface area contributed by atoms with Crippen LogP contribution in [0.4, 0.5) is 0 Å². The third-order valence-electron chi connectivity index (χ3n) is 1.30. The van der Waals surface area contributed by atoms with Crippen LogP contribution in [0.15, 0.2) is 29.2 Å². The van der Waals surface area contributed by atoms with E-state index in [1.165, 1.54) is 24.3 Å². The van der Waals surface area contributed by atoms with Crippen molar-refractivity contribution < 1.29 is 55.1 Å². The van der Waals surface area contributed by atoms with Crippen molar-refractivity contribution in [3.63, 3.8) is 0 Å². The van der Waals surface area contributed by atoms with Gasteiger partial charge in [-0.15, -0.1) is 0 Å². The molecule has 0 bridgehead atoms. The SMILES string of the molecule is O.O=C(O)c1ccc(S(=O)O)cc1.[H-].[Na+]. The van der Waals surface area contributed by atoms with Crippen LogP contribution in [0.3, 0.4) is 0 Å². The molecular formula is C7H9NaO5S. The van der Waals surface area contributed by atoms with Crippen LogP contribution in [0.5, 0.6) is 0 Å². The summed E-state index contributed by atoms with van der Waals surface area (Å²) in [5, 5.41) is 8.48. The minimum atomic E-state index is -2.04. The van der Waals surface area contributed by atoms with Gasteiger partial charge in [0.15, 0.2) is 11.1 Å². The van der Waals surface area contributed by atoms with Crippen LogP contribution >= 0.6 is 0 Å². The first-order chi connectivity index (χ1) is 5.61. The molecule has 0 spiro atoms. The van der Waals surface area contributed by atoms with E-state index in [4.69, 9.17) is 9.66 Å². The summed E-state index contributed by atoms with van der Waals surface area (Å²) in [7, 11) is 0. The number of rotatable bonds is 2. The maximum Gasteiger partial charge on any atom is 1.00 e. The van der Waals surface area contributed by atoms with Gasteiger partial charge in [-0.1, -0.05) is 0 Å². The van der Waals surface area contributed by atoms with Crippen molar-refractivity contribution in [2.24, 2.45) is 0 Å². The van der Waals surface area contributed by atoms with E-state index in [0.717, 1.165) is 0 Å². The largest absolute Gasteiger partial charge is 1.00 e. The number of carboxylic acid groups (broad SMARTS) is 1. The number of aromatic carboxylic acids is 1. The van der Waals surface area contributed by atoms with Crippen LogP contribution in [-0.4, -0.2) is 25.3 Å². The van der Waals surface area contributed by atoms with Gasteiger partial charge >= 0.3 is 35.5 Å². The molecule has 0 aliphatic heterocycles. The molecule has 0 heterocycles. The van der Waals surface area contributed by atoms with Gasteiger partial charge in [-0.3, -0.25) is 0 Å². The molecule has 1 unspecified atom stereocenters. The van der Waals surface area contributed by atoms with Crippen molar-refractivity contribution in [3.05, 3.63) is 29.8 Å². The molecule has 1 atom stereocenters. The Morgan fingerprint density at radius 3 is 2.00 bits per heavy atom. The van der Waals surface area contributed by atoms with Gasteiger partial charge in [0.1, 0.15) is 0 Å². The molecule has 0 fully saturated rings. The second-order valence-corrected chi connectivity index (χ2v) is 3.05. The summed E-state index contributed by atoms with van der Waals surface area (Å²) >= 11 is -2.04. The molecule has 7 heteroatoms. The summed E-state index contributed by atoms with van der Waals surface area (Å²) in [5.74, 6) is -1.05. The van der Waals surface area contributed by atoms with Crippen molar-refractivity contribution >= 4 is 17.0 Å². The molecule has 5 nitrogen and oxygen atoms in total. The van der Waals surface area contributed by atoms with E-state index in [1.54, 1.807) is 0 Å². The molecule has 14 heavy (non-hydrogen) atoms. The first-order valence-corrected chi connectivity index (χ1v) is 4.16. The Morgan fingerprint density at radius 1 is 1.29 bits per heavy atom. The Morgan fingerprint density at radius 2 is 1.71 bits per heavy atom. The summed E-state index contributed by atoms with van der Waals surface area (Å²) < 4.78 is 19.0. The Labute approximate surface area is 107 Å². The summed E-state index contributed by atoms with van der Waals surface area (Å²) in [6.07, 6.45) is 0. The van der Waals surface area contributed by atoms with Crippen LogP contribution in [0, 0.1) is 0 Å². The van der Waals surface area contributed by atoms with E-state index >= 15 is 0 Å². The minimum absolute atomic E-state index is 0. The third-order valence-corrected chi connectivity index (χ3v) is 1.98. The van der Waals surface area contributed by atoms with Gasteiger partial charge in [0.05, 0.1) is 10.5 Å². The molecule has 0 aromatic heterocycles. The Kier molecular flexibility index (Phi) is 8.22. The predicted octanol–water partition coefficient (Wildman–Crippen LogP) is -2.74. The maximum atomic E-state index is 10.4. The first kappa shape index (κ1) is 16.2. The molecule has 0 aliphatic rings. The van der Waals surface area contributed by atoms with Crippen molar-refractivity contribution in [2.45, 2.75) is 4.90 Å². The van der Waals surface area contributed by atoms with Gasteiger partial charge < -0.3 is 16.6 Å².